The van der Waals surface area contributed by atoms with Gasteiger partial charge in [0.05, 0.1) is 6.42 Å². The molecule has 0 unspecified atom stereocenters. The van der Waals surface area contributed by atoms with E-state index in [-0.39, 0.29) is 0 Å². The van der Waals surface area contributed by atoms with Crippen molar-refractivity contribution in [2.75, 3.05) is 0 Å². The first-order valence-corrected chi connectivity index (χ1v) is 4.21. The molecule has 2 heteroatoms. The predicted octanol–water partition coefficient (Wildman–Crippen LogP) is 2.53. The van der Waals surface area contributed by atoms with E-state index in [4.69, 9.17) is 10.7 Å². The highest BCUT2D eigenvalue weighted by atomic mass is 16.6. The Hall–Kier alpha value is -1.20. The third-order valence-electron chi connectivity index (χ3n) is 1.61. The van der Waals surface area contributed by atoms with Crippen LogP contribution in [0.1, 0.15) is 33.6 Å². The van der Waals surface area contributed by atoms with Gasteiger partial charge in [-0.25, -0.2) is 0 Å². The summed E-state index contributed by atoms with van der Waals surface area (Å²) < 4.78 is 0. The minimum absolute atomic E-state index is 0.576. The fourth-order valence-corrected chi connectivity index (χ4v) is 1.01. The molecule has 0 bridgehead atoms. The predicted molar refractivity (Wildman–Crippen MR) is 55.5 cm³/mol. The second-order valence-electron chi connectivity index (χ2n) is 3.06. The molecule has 2 N–H and O–H groups in total. The molecule has 0 saturated carbocycles. The normalized spacial score (nSPS) is 11.1. The minimum Gasteiger partial charge on any atom is -0.415 e. The van der Waals surface area contributed by atoms with Gasteiger partial charge in [-0.1, -0.05) is 18.1 Å². The molecule has 0 atom stereocenters. The lowest BCUT2D eigenvalue weighted by Gasteiger charge is -2.06. The van der Waals surface area contributed by atoms with Crippen molar-refractivity contribution in [1.29, 1.82) is 0 Å². The molecule has 13 heavy (non-hydrogen) atoms. The van der Waals surface area contributed by atoms with Crippen LogP contribution in [0.2, 0.25) is 0 Å². The van der Waals surface area contributed by atoms with E-state index in [0.717, 1.165) is 23.3 Å². The van der Waals surface area contributed by atoms with Gasteiger partial charge in [0.2, 0.25) is 0 Å². The van der Waals surface area contributed by atoms with Gasteiger partial charge in [0.25, 0.3) is 0 Å². The summed E-state index contributed by atoms with van der Waals surface area (Å²) in [4.78, 5) is 4.75. The lowest BCUT2D eigenvalue weighted by Crippen LogP contribution is -2.01. The fourth-order valence-electron chi connectivity index (χ4n) is 1.01. The Morgan fingerprint density at radius 1 is 1.46 bits per heavy atom. The maximum atomic E-state index is 5.13. The summed E-state index contributed by atoms with van der Waals surface area (Å²) in [5.41, 5.74) is 2.19. The maximum Gasteiger partial charge on any atom is 0.135 e. The Kier molecular flexibility index (Phi) is 5.75. The molecule has 0 radical (unpaired) electrons. The van der Waals surface area contributed by atoms with Gasteiger partial charge < -0.3 is 4.84 Å². The maximum absolute atomic E-state index is 5.13. The summed E-state index contributed by atoms with van der Waals surface area (Å²) in [5, 5.41) is 0. The van der Waals surface area contributed by atoms with E-state index < -0.39 is 0 Å². The Morgan fingerprint density at radius 2 is 2.08 bits per heavy atom. The molecule has 0 aliphatic carbocycles. The summed E-state index contributed by atoms with van der Waals surface area (Å²) >= 11 is 0. The van der Waals surface area contributed by atoms with E-state index in [1.807, 2.05) is 13.8 Å². The molecule has 0 spiro atoms. The molecule has 0 saturated heterocycles. The number of hydrogen-bond acceptors (Lipinski definition) is 2. The summed E-state index contributed by atoms with van der Waals surface area (Å²) in [6.45, 7) is 9.58. The molecule has 0 aromatic rings. The average Bonchev–Trinajstić information content (AvgIpc) is 2.04. The highest BCUT2D eigenvalue weighted by Crippen LogP contribution is 2.15. The van der Waals surface area contributed by atoms with E-state index in [1.165, 1.54) is 0 Å². The van der Waals surface area contributed by atoms with Crippen molar-refractivity contribution in [2.24, 2.45) is 5.90 Å². The Morgan fingerprint density at radius 3 is 2.46 bits per heavy atom. The Bertz CT molecular complexity index is 266. The molecule has 0 amide bonds. The smallest absolute Gasteiger partial charge is 0.135 e. The Balaban J connectivity index is 4.44. The molecule has 0 aliphatic rings. The van der Waals surface area contributed by atoms with Gasteiger partial charge >= 0.3 is 0 Å². The van der Waals surface area contributed by atoms with Crippen molar-refractivity contribution in [3.8, 4) is 11.8 Å². The largest absolute Gasteiger partial charge is 0.415 e. The van der Waals surface area contributed by atoms with Gasteiger partial charge in [-0.3, -0.25) is 0 Å². The van der Waals surface area contributed by atoms with Gasteiger partial charge in [0.1, 0.15) is 5.76 Å². The van der Waals surface area contributed by atoms with Crippen LogP contribution in [0.5, 0.6) is 0 Å². The SMILES string of the molecule is C=C(C)C/C(C)=C(\CC#CC)ON. The van der Waals surface area contributed by atoms with Crippen molar-refractivity contribution in [2.45, 2.75) is 33.6 Å². The Labute approximate surface area is 80.4 Å². The topological polar surface area (TPSA) is 35.2 Å². The van der Waals surface area contributed by atoms with E-state index in [0.29, 0.717) is 6.42 Å². The third-order valence-corrected chi connectivity index (χ3v) is 1.61. The molecule has 0 aromatic heterocycles. The van der Waals surface area contributed by atoms with Crippen LogP contribution in [0, 0.1) is 11.8 Å². The zero-order valence-electron chi connectivity index (χ0n) is 8.61. The number of rotatable bonds is 4. The van der Waals surface area contributed by atoms with Crippen molar-refractivity contribution in [3.05, 3.63) is 23.5 Å². The first kappa shape index (κ1) is 11.8. The lowest BCUT2D eigenvalue weighted by atomic mass is 10.1. The van der Waals surface area contributed by atoms with E-state index in [9.17, 15) is 0 Å². The monoisotopic (exact) mass is 179 g/mol. The highest BCUT2D eigenvalue weighted by Gasteiger charge is 2.01. The van der Waals surface area contributed by atoms with Crippen LogP contribution in [0.3, 0.4) is 0 Å². The summed E-state index contributed by atoms with van der Waals surface area (Å²) in [5.74, 6) is 11.6. The molecule has 2 nitrogen and oxygen atoms in total. The van der Waals surface area contributed by atoms with Crippen molar-refractivity contribution in [3.63, 3.8) is 0 Å². The zero-order chi connectivity index (χ0) is 10.3. The molecule has 0 aromatic carbocycles. The molecule has 0 heterocycles. The first-order valence-electron chi connectivity index (χ1n) is 4.21. The first-order chi connectivity index (χ1) is 6.11. The lowest BCUT2D eigenvalue weighted by molar-refractivity contribution is 0.212. The van der Waals surface area contributed by atoms with Crippen LogP contribution >= 0.6 is 0 Å². The van der Waals surface area contributed by atoms with E-state index in [2.05, 4.69) is 18.4 Å². The van der Waals surface area contributed by atoms with Crippen molar-refractivity contribution >= 4 is 0 Å². The standard InChI is InChI=1S/C11H17NO/c1-5-6-7-11(13-12)10(4)8-9(2)3/h2,7-8,12H2,1,3-4H3/b11-10+. The molecule has 0 aliphatic heterocycles. The summed E-state index contributed by atoms with van der Waals surface area (Å²) in [7, 11) is 0. The van der Waals surface area contributed by atoms with Gasteiger partial charge in [0, 0.05) is 0 Å². The molecule has 0 fully saturated rings. The second kappa shape index (κ2) is 6.33. The molecular formula is C11H17NO. The van der Waals surface area contributed by atoms with Gasteiger partial charge in [-0.2, -0.15) is 5.90 Å². The summed E-state index contributed by atoms with van der Waals surface area (Å²) in [6.07, 6.45) is 1.39. The molecule has 72 valence electrons. The second-order valence-corrected chi connectivity index (χ2v) is 3.06. The van der Waals surface area contributed by atoms with Crippen LogP contribution in [0.25, 0.3) is 0 Å². The quantitative estimate of drug-likeness (QED) is 0.311. The van der Waals surface area contributed by atoms with E-state index in [1.54, 1.807) is 6.92 Å². The number of allylic oxidation sites excluding steroid dienone is 3. The van der Waals surface area contributed by atoms with Crippen LogP contribution in [0.15, 0.2) is 23.5 Å². The van der Waals surface area contributed by atoms with E-state index >= 15 is 0 Å². The molecular weight excluding hydrogens is 162 g/mol. The van der Waals surface area contributed by atoms with Crippen LogP contribution in [0.4, 0.5) is 0 Å². The fraction of sp³-hybridized carbons (Fsp3) is 0.455. The van der Waals surface area contributed by atoms with Crippen LogP contribution in [-0.2, 0) is 4.84 Å². The number of nitrogens with two attached hydrogens (primary N) is 1. The third kappa shape index (κ3) is 5.10. The minimum atomic E-state index is 0.576. The number of hydrogen-bond donors (Lipinski definition) is 1. The molecule has 0 rings (SSSR count). The average molecular weight is 179 g/mol. The van der Waals surface area contributed by atoms with Crippen LogP contribution in [-0.4, -0.2) is 0 Å². The highest BCUT2D eigenvalue weighted by molar-refractivity contribution is 5.17. The van der Waals surface area contributed by atoms with Gasteiger partial charge in [-0.05, 0) is 32.8 Å². The van der Waals surface area contributed by atoms with Crippen molar-refractivity contribution in [1.82, 2.24) is 0 Å². The van der Waals surface area contributed by atoms with Gasteiger partial charge in [0.15, 0.2) is 0 Å². The van der Waals surface area contributed by atoms with Crippen molar-refractivity contribution < 1.29 is 4.84 Å². The zero-order valence-corrected chi connectivity index (χ0v) is 8.61. The van der Waals surface area contributed by atoms with Crippen LogP contribution < -0.4 is 5.90 Å². The van der Waals surface area contributed by atoms with Gasteiger partial charge in [-0.15, -0.1) is 5.92 Å². The summed E-state index contributed by atoms with van der Waals surface area (Å²) in [6, 6.07) is 0.